The van der Waals surface area contributed by atoms with Crippen molar-refractivity contribution in [2.75, 3.05) is 11.1 Å². The molecular formula is C19H18FN7S2. The van der Waals surface area contributed by atoms with Crippen LogP contribution in [0.15, 0.2) is 29.3 Å². The summed E-state index contributed by atoms with van der Waals surface area (Å²) in [6, 6.07) is 5.92. The van der Waals surface area contributed by atoms with E-state index in [1.165, 1.54) is 22.6 Å². The van der Waals surface area contributed by atoms with Crippen molar-refractivity contribution in [1.82, 2.24) is 24.9 Å². The van der Waals surface area contributed by atoms with Gasteiger partial charge in [0.15, 0.2) is 0 Å². The van der Waals surface area contributed by atoms with E-state index in [-0.39, 0.29) is 11.8 Å². The molecule has 7 nitrogen and oxygen atoms in total. The molecule has 0 spiro atoms. The Morgan fingerprint density at radius 3 is 2.55 bits per heavy atom. The van der Waals surface area contributed by atoms with Gasteiger partial charge in [0, 0.05) is 16.0 Å². The van der Waals surface area contributed by atoms with Crippen molar-refractivity contribution in [1.29, 1.82) is 0 Å². The molecule has 0 amide bonds. The predicted octanol–water partition coefficient (Wildman–Crippen LogP) is 4.56. The number of nitrogen functional groups attached to an aromatic ring is 1. The number of thiophene rings is 1. The summed E-state index contributed by atoms with van der Waals surface area (Å²) in [5.41, 5.74) is 7.71. The lowest BCUT2D eigenvalue weighted by atomic mass is 10.2. The van der Waals surface area contributed by atoms with Gasteiger partial charge in [-0.1, -0.05) is 11.8 Å². The number of hydrogen-bond donors (Lipinski definition) is 2. The Morgan fingerprint density at radius 2 is 1.79 bits per heavy atom. The fraction of sp³-hybridized carbons (Fsp3) is 0.211. The van der Waals surface area contributed by atoms with E-state index in [1.807, 2.05) is 6.92 Å². The van der Waals surface area contributed by atoms with Gasteiger partial charge in [-0.2, -0.15) is 15.0 Å². The molecule has 0 radical (unpaired) electrons. The molecule has 1 aromatic carbocycles. The minimum atomic E-state index is -0.312. The number of thioether (sulfide) groups is 1. The van der Waals surface area contributed by atoms with Crippen molar-refractivity contribution in [3.63, 3.8) is 0 Å². The highest BCUT2D eigenvalue weighted by Crippen LogP contribution is 2.36. The summed E-state index contributed by atoms with van der Waals surface area (Å²) in [7, 11) is 0. The second-order valence-electron chi connectivity index (χ2n) is 6.39. The monoisotopic (exact) mass is 427 g/mol. The highest BCUT2D eigenvalue weighted by atomic mass is 32.2. The fourth-order valence-electron chi connectivity index (χ4n) is 2.77. The van der Waals surface area contributed by atoms with Gasteiger partial charge >= 0.3 is 0 Å². The molecule has 0 aliphatic heterocycles. The first-order chi connectivity index (χ1) is 13.9. The van der Waals surface area contributed by atoms with E-state index in [9.17, 15) is 4.39 Å². The summed E-state index contributed by atoms with van der Waals surface area (Å²) < 4.78 is 13.1. The van der Waals surface area contributed by atoms with Gasteiger partial charge in [-0.05, 0) is 50.6 Å². The van der Waals surface area contributed by atoms with Gasteiger partial charge in [-0.3, -0.25) is 0 Å². The molecule has 0 unspecified atom stereocenters. The molecule has 0 fully saturated rings. The number of aromatic nitrogens is 5. The molecule has 4 rings (SSSR count). The zero-order valence-electron chi connectivity index (χ0n) is 16.0. The minimum absolute atomic E-state index is 0.117. The number of aryl methyl sites for hydroxylation is 3. The third-order valence-electron chi connectivity index (χ3n) is 4.24. The van der Waals surface area contributed by atoms with Gasteiger partial charge in [0.25, 0.3) is 0 Å². The lowest BCUT2D eigenvalue weighted by molar-refractivity contribution is 0.628. The van der Waals surface area contributed by atoms with E-state index in [4.69, 9.17) is 5.73 Å². The summed E-state index contributed by atoms with van der Waals surface area (Å²) in [5.74, 6) is 1.85. The summed E-state index contributed by atoms with van der Waals surface area (Å²) in [6.07, 6.45) is 0. The van der Waals surface area contributed by atoms with Crippen molar-refractivity contribution < 1.29 is 4.39 Å². The van der Waals surface area contributed by atoms with Crippen LogP contribution >= 0.6 is 23.1 Å². The molecule has 3 aromatic heterocycles. The second-order valence-corrected chi connectivity index (χ2v) is 8.56. The van der Waals surface area contributed by atoms with Crippen LogP contribution in [0.3, 0.4) is 0 Å². The first-order valence-electron chi connectivity index (χ1n) is 8.79. The number of fused-ring (bicyclic) bond motifs is 1. The lowest BCUT2D eigenvalue weighted by Gasteiger charge is -2.08. The summed E-state index contributed by atoms with van der Waals surface area (Å²) in [6.45, 7) is 6.06. The normalized spacial score (nSPS) is 11.2. The zero-order valence-corrected chi connectivity index (χ0v) is 17.7. The first-order valence-corrected chi connectivity index (χ1v) is 10.6. The average molecular weight is 428 g/mol. The topological polar surface area (TPSA) is 102 Å². The Kier molecular flexibility index (Phi) is 5.29. The van der Waals surface area contributed by atoms with E-state index < -0.39 is 0 Å². The number of nitrogens with one attached hydrogen (secondary N) is 1. The number of benzene rings is 1. The largest absolute Gasteiger partial charge is 0.368 e. The summed E-state index contributed by atoms with van der Waals surface area (Å²) >= 11 is 3.21. The fourth-order valence-corrected chi connectivity index (χ4v) is 4.90. The second kappa shape index (κ2) is 7.88. The maximum atomic E-state index is 13.1. The molecule has 3 N–H and O–H groups in total. The van der Waals surface area contributed by atoms with Crippen LogP contribution < -0.4 is 11.1 Å². The molecule has 0 saturated heterocycles. The van der Waals surface area contributed by atoms with Crippen LogP contribution in [0.2, 0.25) is 0 Å². The maximum absolute atomic E-state index is 13.1. The van der Waals surface area contributed by atoms with E-state index in [0.29, 0.717) is 23.2 Å². The van der Waals surface area contributed by atoms with E-state index in [1.54, 1.807) is 35.2 Å². The van der Waals surface area contributed by atoms with Crippen molar-refractivity contribution >= 4 is 50.9 Å². The first kappa shape index (κ1) is 19.5. The standard InChI is InChI=1S/C19H18FN7S2/c1-9-10(2)29-17-15(9)16(22-11(3)23-17)28-8-14-25-18(21)27-19(26-14)24-13-6-4-12(20)5-7-13/h4-7H,8H2,1-3H3,(H3,21,24,25,26,27). The molecule has 0 bridgehead atoms. The smallest absolute Gasteiger partial charge is 0.232 e. The minimum Gasteiger partial charge on any atom is -0.368 e. The Bertz CT molecular complexity index is 1190. The van der Waals surface area contributed by atoms with Crippen LogP contribution in [-0.2, 0) is 5.75 Å². The van der Waals surface area contributed by atoms with Crippen molar-refractivity contribution in [2.45, 2.75) is 31.6 Å². The number of anilines is 3. The third-order valence-corrected chi connectivity index (χ3v) is 6.32. The molecular weight excluding hydrogens is 409 g/mol. The molecule has 10 heteroatoms. The van der Waals surface area contributed by atoms with Crippen LogP contribution in [-0.4, -0.2) is 24.9 Å². The van der Waals surface area contributed by atoms with E-state index in [0.717, 1.165) is 21.1 Å². The number of hydrogen-bond acceptors (Lipinski definition) is 9. The van der Waals surface area contributed by atoms with Crippen molar-refractivity contribution in [3.05, 3.63) is 52.2 Å². The highest BCUT2D eigenvalue weighted by molar-refractivity contribution is 7.98. The SMILES string of the molecule is Cc1nc(SCc2nc(N)nc(Nc3ccc(F)cc3)n2)c2c(C)c(C)sc2n1. The van der Waals surface area contributed by atoms with Gasteiger partial charge in [0.2, 0.25) is 11.9 Å². The Morgan fingerprint density at radius 1 is 1.03 bits per heavy atom. The molecule has 0 atom stereocenters. The molecule has 0 aliphatic carbocycles. The van der Waals surface area contributed by atoms with Gasteiger partial charge in [-0.15, -0.1) is 11.3 Å². The maximum Gasteiger partial charge on any atom is 0.232 e. The molecule has 148 valence electrons. The van der Waals surface area contributed by atoms with Crippen LogP contribution in [0.25, 0.3) is 10.2 Å². The van der Waals surface area contributed by atoms with Crippen LogP contribution in [0.5, 0.6) is 0 Å². The number of rotatable bonds is 5. The lowest BCUT2D eigenvalue weighted by Crippen LogP contribution is -2.06. The molecule has 29 heavy (non-hydrogen) atoms. The number of nitrogens with two attached hydrogens (primary N) is 1. The summed E-state index contributed by atoms with van der Waals surface area (Å²) in [4.78, 5) is 24.2. The Hall–Kier alpha value is -2.85. The third kappa shape index (κ3) is 4.28. The Labute approximate surface area is 175 Å². The summed E-state index contributed by atoms with van der Waals surface area (Å²) in [5, 5.41) is 5.00. The van der Waals surface area contributed by atoms with Gasteiger partial charge in [0.05, 0.1) is 5.75 Å². The number of halogens is 1. The van der Waals surface area contributed by atoms with Gasteiger partial charge in [-0.25, -0.2) is 14.4 Å². The van der Waals surface area contributed by atoms with E-state index >= 15 is 0 Å². The molecule has 4 aromatic rings. The highest BCUT2D eigenvalue weighted by Gasteiger charge is 2.15. The number of nitrogens with zero attached hydrogens (tertiary/aromatic N) is 5. The van der Waals surface area contributed by atoms with Crippen LogP contribution in [0.4, 0.5) is 22.0 Å². The predicted molar refractivity (Wildman–Crippen MR) is 115 cm³/mol. The van der Waals surface area contributed by atoms with Gasteiger partial charge < -0.3 is 11.1 Å². The molecule has 0 saturated carbocycles. The van der Waals surface area contributed by atoms with Gasteiger partial charge in [0.1, 0.15) is 27.3 Å². The average Bonchev–Trinajstić information content (AvgIpc) is 2.95. The van der Waals surface area contributed by atoms with Crippen LogP contribution in [0.1, 0.15) is 22.1 Å². The zero-order chi connectivity index (χ0) is 20.5. The molecule has 3 heterocycles. The quantitative estimate of drug-likeness (QED) is 0.353. The molecule has 0 aliphatic rings. The van der Waals surface area contributed by atoms with E-state index in [2.05, 4.69) is 44.1 Å². The van der Waals surface area contributed by atoms with Crippen molar-refractivity contribution in [3.8, 4) is 0 Å². The Balaban J connectivity index is 1.58. The van der Waals surface area contributed by atoms with Crippen molar-refractivity contribution in [2.24, 2.45) is 0 Å². The van der Waals surface area contributed by atoms with Crippen LogP contribution in [0, 0.1) is 26.6 Å².